The zero-order valence-electron chi connectivity index (χ0n) is 18.6. The fourth-order valence-electron chi connectivity index (χ4n) is 4.74. The van der Waals surface area contributed by atoms with E-state index in [-0.39, 0.29) is 11.5 Å². The maximum Gasteiger partial charge on any atom is 0.409 e. The first-order valence-electron chi connectivity index (χ1n) is 11.1. The number of amides is 1. The number of rotatable bonds is 6. The molecule has 1 heterocycles. The second-order valence-corrected chi connectivity index (χ2v) is 8.22. The number of piperidine rings is 1. The minimum atomic E-state index is -0.210. The average Bonchev–Trinajstić information content (AvgIpc) is 3.27. The molecule has 1 amide bonds. The lowest BCUT2D eigenvalue weighted by molar-refractivity contribution is 0.0963. The highest BCUT2D eigenvalue weighted by Gasteiger charge is 2.38. The van der Waals surface area contributed by atoms with Crippen LogP contribution in [0.5, 0.6) is 5.75 Å². The van der Waals surface area contributed by atoms with E-state index >= 15 is 0 Å². The molecule has 2 fully saturated rings. The van der Waals surface area contributed by atoms with Gasteiger partial charge in [0.15, 0.2) is 5.96 Å². The number of para-hydroxylation sites is 1. The summed E-state index contributed by atoms with van der Waals surface area (Å²) < 4.78 is 10.8. The highest BCUT2D eigenvalue weighted by molar-refractivity contribution is 5.80. The molecule has 7 nitrogen and oxygen atoms in total. The Kier molecular flexibility index (Phi) is 7.82. The molecule has 1 aliphatic carbocycles. The van der Waals surface area contributed by atoms with E-state index in [1.54, 1.807) is 12.0 Å². The Bertz CT molecular complexity index is 723. The van der Waals surface area contributed by atoms with Gasteiger partial charge in [-0.1, -0.05) is 31.0 Å². The molecule has 1 saturated carbocycles. The molecule has 1 aromatic carbocycles. The van der Waals surface area contributed by atoms with E-state index in [2.05, 4.69) is 33.8 Å². The smallest absolute Gasteiger partial charge is 0.409 e. The Hall–Kier alpha value is -2.44. The number of ether oxygens (including phenoxy) is 2. The zero-order valence-corrected chi connectivity index (χ0v) is 18.6. The Morgan fingerprint density at radius 2 is 1.93 bits per heavy atom. The normalized spacial score (nSPS) is 19.4. The number of carbonyl (C=O) groups is 1. The maximum atomic E-state index is 11.9. The Morgan fingerprint density at radius 1 is 1.23 bits per heavy atom. The highest BCUT2D eigenvalue weighted by atomic mass is 16.6. The molecule has 0 aromatic heterocycles. The van der Waals surface area contributed by atoms with Crippen LogP contribution in [-0.4, -0.2) is 63.4 Å². The number of nitrogens with zero attached hydrogens (tertiary/aromatic N) is 2. The van der Waals surface area contributed by atoms with Gasteiger partial charge in [-0.15, -0.1) is 0 Å². The number of benzene rings is 1. The average molecular weight is 417 g/mol. The van der Waals surface area contributed by atoms with Crippen molar-refractivity contribution in [2.75, 3.05) is 40.4 Å². The Balaban J connectivity index is 1.58. The van der Waals surface area contributed by atoms with Crippen molar-refractivity contribution in [2.24, 2.45) is 4.99 Å². The van der Waals surface area contributed by atoms with Crippen LogP contribution in [0.25, 0.3) is 0 Å². The Morgan fingerprint density at radius 3 is 2.57 bits per heavy atom. The van der Waals surface area contributed by atoms with Crippen LogP contribution in [0.15, 0.2) is 29.3 Å². The summed E-state index contributed by atoms with van der Waals surface area (Å²) in [7, 11) is 3.56. The molecular formula is C23H36N4O3. The monoisotopic (exact) mass is 416 g/mol. The van der Waals surface area contributed by atoms with Crippen molar-refractivity contribution >= 4 is 12.1 Å². The molecule has 2 aliphatic rings. The van der Waals surface area contributed by atoms with Crippen LogP contribution in [-0.2, 0) is 10.2 Å². The van der Waals surface area contributed by atoms with E-state index in [9.17, 15) is 4.79 Å². The number of carbonyl (C=O) groups excluding carboxylic acids is 1. The van der Waals surface area contributed by atoms with Crippen LogP contribution in [0.2, 0.25) is 0 Å². The highest BCUT2D eigenvalue weighted by Crippen LogP contribution is 2.44. The van der Waals surface area contributed by atoms with Gasteiger partial charge in [-0.3, -0.25) is 4.99 Å². The first-order valence-corrected chi connectivity index (χ1v) is 11.1. The van der Waals surface area contributed by atoms with Crippen molar-refractivity contribution < 1.29 is 14.3 Å². The summed E-state index contributed by atoms with van der Waals surface area (Å²) in [5, 5.41) is 7.13. The maximum absolute atomic E-state index is 11.9. The summed E-state index contributed by atoms with van der Waals surface area (Å²) in [4.78, 5) is 18.1. The van der Waals surface area contributed by atoms with Crippen molar-refractivity contribution in [1.82, 2.24) is 15.5 Å². The largest absolute Gasteiger partial charge is 0.496 e. The van der Waals surface area contributed by atoms with Crippen molar-refractivity contribution in [1.29, 1.82) is 0 Å². The van der Waals surface area contributed by atoms with Gasteiger partial charge in [-0.25, -0.2) is 4.79 Å². The topological polar surface area (TPSA) is 75.2 Å². The molecule has 3 rings (SSSR count). The summed E-state index contributed by atoms with van der Waals surface area (Å²) in [6.45, 7) is 4.50. The van der Waals surface area contributed by atoms with Crippen molar-refractivity contribution in [3.8, 4) is 5.75 Å². The molecule has 0 atom stereocenters. The standard InChI is InChI=1S/C23H36N4O3/c1-4-30-22(28)27-15-11-18(12-16-27)26-21(24-2)25-17-23(13-7-8-14-23)19-9-5-6-10-20(19)29-3/h5-6,9-10,18H,4,7-8,11-17H2,1-3H3,(H2,24,25,26). The van der Waals surface area contributed by atoms with Crippen LogP contribution in [0.4, 0.5) is 4.79 Å². The minimum absolute atomic E-state index is 0.0670. The second kappa shape index (κ2) is 10.5. The number of likely N-dealkylation sites (tertiary alicyclic amines) is 1. The van der Waals surface area contributed by atoms with Gasteiger partial charge in [0.2, 0.25) is 0 Å². The van der Waals surface area contributed by atoms with E-state index < -0.39 is 0 Å². The van der Waals surface area contributed by atoms with Gasteiger partial charge in [-0.05, 0) is 38.7 Å². The van der Waals surface area contributed by atoms with Gasteiger partial charge >= 0.3 is 6.09 Å². The van der Waals surface area contributed by atoms with Crippen LogP contribution >= 0.6 is 0 Å². The van der Waals surface area contributed by atoms with E-state index in [4.69, 9.17) is 9.47 Å². The molecule has 0 radical (unpaired) electrons. The van der Waals surface area contributed by atoms with Gasteiger partial charge in [0.25, 0.3) is 0 Å². The van der Waals surface area contributed by atoms with Crippen molar-refractivity contribution in [3.05, 3.63) is 29.8 Å². The lowest BCUT2D eigenvalue weighted by Crippen LogP contribution is -2.51. The van der Waals surface area contributed by atoms with Crippen LogP contribution in [0.1, 0.15) is 51.0 Å². The lowest BCUT2D eigenvalue weighted by Gasteiger charge is -2.34. The lowest BCUT2D eigenvalue weighted by atomic mass is 9.78. The summed E-state index contributed by atoms with van der Waals surface area (Å²) in [6.07, 6.45) is 6.33. The molecule has 1 aliphatic heterocycles. The minimum Gasteiger partial charge on any atom is -0.496 e. The predicted octanol–water partition coefficient (Wildman–Crippen LogP) is 3.29. The quantitative estimate of drug-likeness (QED) is 0.550. The molecule has 1 aromatic rings. The van der Waals surface area contributed by atoms with Gasteiger partial charge < -0.3 is 25.0 Å². The molecule has 166 valence electrons. The summed E-state index contributed by atoms with van der Waals surface area (Å²) in [5.74, 6) is 1.79. The second-order valence-electron chi connectivity index (χ2n) is 8.22. The third-order valence-electron chi connectivity index (χ3n) is 6.42. The number of hydrogen-bond acceptors (Lipinski definition) is 4. The third kappa shape index (κ3) is 5.18. The van der Waals surface area contributed by atoms with Gasteiger partial charge in [-0.2, -0.15) is 0 Å². The molecule has 0 bridgehead atoms. The molecular weight excluding hydrogens is 380 g/mol. The van der Waals surface area contributed by atoms with E-state index in [1.807, 2.05) is 20.0 Å². The molecule has 0 spiro atoms. The van der Waals surface area contributed by atoms with Gasteiger partial charge in [0, 0.05) is 43.7 Å². The summed E-state index contributed by atoms with van der Waals surface area (Å²) >= 11 is 0. The van der Waals surface area contributed by atoms with Gasteiger partial charge in [0.05, 0.1) is 13.7 Å². The SMILES string of the molecule is CCOC(=O)N1CCC(NC(=NC)NCC2(c3ccccc3OC)CCCC2)CC1. The fourth-order valence-corrected chi connectivity index (χ4v) is 4.74. The number of aliphatic imine (C=N–C) groups is 1. The molecule has 2 N–H and O–H groups in total. The summed E-state index contributed by atoms with van der Waals surface area (Å²) in [6, 6.07) is 8.68. The first kappa shape index (κ1) is 22.2. The molecule has 30 heavy (non-hydrogen) atoms. The number of nitrogens with one attached hydrogen (secondary N) is 2. The number of methoxy groups -OCH3 is 1. The molecule has 0 unspecified atom stereocenters. The third-order valence-corrected chi connectivity index (χ3v) is 6.42. The van der Waals surface area contributed by atoms with Crippen molar-refractivity contribution in [2.45, 2.75) is 56.9 Å². The van der Waals surface area contributed by atoms with Crippen molar-refractivity contribution in [3.63, 3.8) is 0 Å². The molecule has 1 saturated heterocycles. The van der Waals surface area contributed by atoms with Crippen LogP contribution in [0, 0.1) is 0 Å². The number of hydrogen-bond donors (Lipinski definition) is 2. The summed E-state index contributed by atoms with van der Waals surface area (Å²) in [5.41, 5.74) is 1.35. The zero-order chi connectivity index (χ0) is 21.4. The number of guanidine groups is 1. The Labute approximate surface area is 180 Å². The van der Waals surface area contributed by atoms with Crippen LogP contribution < -0.4 is 15.4 Å². The molecule has 7 heteroatoms. The van der Waals surface area contributed by atoms with Crippen LogP contribution in [0.3, 0.4) is 0 Å². The van der Waals surface area contributed by atoms with Gasteiger partial charge in [0.1, 0.15) is 5.75 Å². The predicted molar refractivity (Wildman–Crippen MR) is 119 cm³/mol. The first-order chi connectivity index (χ1) is 14.6. The van der Waals surface area contributed by atoms with E-state index in [0.29, 0.717) is 25.7 Å². The van der Waals surface area contributed by atoms with E-state index in [1.165, 1.54) is 18.4 Å². The fraction of sp³-hybridized carbons (Fsp3) is 0.652. The van der Waals surface area contributed by atoms with E-state index in [0.717, 1.165) is 43.9 Å².